The summed E-state index contributed by atoms with van der Waals surface area (Å²) in [5.74, 6) is 2.45. The molecule has 1 aromatic heterocycles. The second-order valence-electron chi connectivity index (χ2n) is 6.86. The van der Waals surface area contributed by atoms with E-state index in [-0.39, 0.29) is 24.0 Å². The van der Waals surface area contributed by atoms with E-state index in [1.165, 1.54) is 12.8 Å². The summed E-state index contributed by atoms with van der Waals surface area (Å²) in [6, 6.07) is 6.00. The number of thiazole rings is 1. The van der Waals surface area contributed by atoms with E-state index in [2.05, 4.69) is 39.0 Å². The summed E-state index contributed by atoms with van der Waals surface area (Å²) < 4.78 is 11.6. The summed E-state index contributed by atoms with van der Waals surface area (Å²) in [6.45, 7) is 3.41. The zero-order chi connectivity index (χ0) is 19.8. The Kier molecular flexibility index (Phi) is 9.99. The first-order valence-electron chi connectivity index (χ1n) is 9.93. The van der Waals surface area contributed by atoms with Crippen molar-refractivity contribution in [1.82, 2.24) is 15.6 Å². The lowest BCUT2D eigenvalue weighted by Gasteiger charge is -2.18. The lowest BCUT2D eigenvalue weighted by atomic mass is 10.2. The summed E-state index contributed by atoms with van der Waals surface area (Å²) in [5, 5.41) is 9.95. The molecule has 1 aromatic carbocycles. The Balaban J connectivity index is 0.00000300. The molecule has 0 spiro atoms. The molecule has 0 aliphatic heterocycles. The van der Waals surface area contributed by atoms with E-state index in [1.54, 1.807) is 25.5 Å². The minimum Gasteiger partial charge on any atom is -0.497 e. The fraction of sp³-hybridized carbons (Fsp3) is 0.524. The number of aryl methyl sites for hydroxylation is 1. The fourth-order valence-electron chi connectivity index (χ4n) is 3.27. The standard InChI is InChI=1S/C21H30N4O2S.HI/c1-4-20-25-16(14-28-20)13-24-21(22-2)23-12-15-9-10-18(26-3)11-19(15)27-17-7-5-6-8-17;/h9-11,14,17H,4-8,12-13H2,1-3H3,(H2,22,23,24);1H. The molecule has 0 amide bonds. The average Bonchev–Trinajstić information content (AvgIpc) is 3.40. The Morgan fingerprint density at radius 3 is 2.66 bits per heavy atom. The topological polar surface area (TPSA) is 67.8 Å². The van der Waals surface area contributed by atoms with Crippen LogP contribution in [0.5, 0.6) is 11.5 Å². The van der Waals surface area contributed by atoms with Crippen LogP contribution in [-0.2, 0) is 19.5 Å². The van der Waals surface area contributed by atoms with Crippen molar-refractivity contribution in [1.29, 1.82) is 0 Å². The molecule has 1 fully saturated rings. The van der Waals surface area contributed by atoms with Crippen LogP contribution in [0.15, 0.2) is 28.6 Å². The van der Waals surface area contributed by atoms with E-state index in [4.69, 9.17) is 9.47 Å². The molecule has 0 radical (unpaired) electrons. The van der Waals surface area contributed by atoms with Crippen LogP contribution in [0, 0.1) is 0 Å². The van der Waals surface area contributed by atoms with E-state index in [1.807, 2.05) is 12.1 Å². The predicted octanol–water partition coefficient (Wildman–Crippen LogP) is 4.52. The molecule has 0 saturated heterocycles. The van der Waals surface area contributed by atoms with Crippen LogP contribution < -0.4 is 20.1 Å². The molecule has 1 saturated carbocycles. The van der Waals surface area contributed by atoms with Crippen LogP contribution in [0.3, 0.4) is 0 Å². The largest absolute Gasteiger partial charge is 0.497 e. The molecule has 1 heterocycles. The highest BCUT2D eigenvalue weighted by atomic mass is 127. The first kappa shape index (κ1) is 23.7. The van der Waals surface area contributed by atoms with Gasteiger partial charge in [0.1, 0.15) is 11.5 Å². The molecular formula is C21H31IN4O2S. The van der Waals surface area contributed by atoms with E-state index >= 15 is 0 Å². The van der Waals surface area contributed by atoms with Gasteiger partial charge in [-0.3, -0.25) is 4.99 Å². The van der Waals surface area contributed by atoms with Gasteiger partial charge in [0.25, 0.3) is 0 Å². The molecule has 0 atom stereocenters. The smallest absolute Gasteiger partial charge is 0.191 e. The second-order valence-corrected chi connectivity index (χ2v) is 7.81. The maximum Gasteiger partial charge on any atom is 0.191 e. The molecule has 1 aliphatic carbocycles. The van der Waals surface area contributed by atoms with Crippen molar-refractivity contribution in [3.05, 3.63) is 39.8 Å². The Morgan fingerprint density at radius 1 is 1.24 bits per heavy atom. The van der Waals surface area contributed by atoms with Crippen molar-refractivity contribution in [3.8, 4) is 11.5 Å². The highest BCUT2D eigenvalue weighted by molar-refractivity contribution is 14.0. The summed E-state index contributed by atoms with van der Waals surface area (Å²) in [4.78, 5) is 8.90. The SMILES string of the molecule is CCc1nc(CNC(=NC)NCc2ccc(OC)cc2OC2CCCC2)cs1.I. The van der Waals surface area contributed by atoms with Gasteiger partial charge in [0.15, 0.2) is 5.96 Å². The van der Waals surface area contributed by atoms with Gasteiger partial charge in [0.05, 0.1) is 30.5 Å². The molecule has 3 rings (SSSR count). The van der Waals surface area contributed by atoms with Crippen molar-refractivity contribution < 1.29 is 9.47 Å². The minimum absolute atomic E-state index is 0. The fourth-order valence-corrected chi connectivity index (χ4v) is 4.01. The number of benzene rings is 1. The molecule has 0 bridgehead atoms. The molecular weight excluding hydrogens is 499 g/mol. The maximum atomic E-state index is 6.27. The van der Waals surface area contributed by atoms with Crippen molar-refractivity contribution >= 4 is 41.3 Å². The lowest BCUT2D eigenvalue weighted by Crippen LogP contribution is -2.36. The highest BCUT2D eigenvalue weighted by Crippen LogP contribution is 2.30. The minimum atomic E-state index is 0. The number of halogens is 1. The van der Waals surface area contributed by atoms with Gasteiger partial charge in [0, 0.05) is 30.6 Å². The number of aromatic nitrogens is 1. The number of nitrogens with one attached hydrogen (secondary N) is 2. The van der Waals surface area contributed by atoms with Crippen molar-refractivity contribution in [3.63, 3.8) is 0 Å². The number of methoxy groups -OCH3 is 1. The van der Waals surface area contributed by atoms with Gasteiger partial charge in [-0.15, -0.1) is 35.3 Å². The zero-order valence-corrected chi connectivity index (χ0v) is 20.5. The summed E-state index contributed by atoms with van der Waals surface area (Å²) >= 11 is 1.70. The summed E-state index contributed by atoms with van der Waals surface area (Å²) in [6.07, 6.45) is 6.02. The first-order valence-corrected chi connectivity index (χ1v) is 10.8. The number of hydrogen-bond acceptors (Lipinski definition) is 5. The van der Waals surface area contributed by atoms with Crippen LogP contribution in [0.1, 0.15) is 48.9 Å². The van der Waals surface area contributed by atoms with Gasteiger partial charge in [-0.05, 0) is 44.2 Å². The van der Waals surface area contributed by atoms with Crippen LogP contribution in [0.2, 0.25) is 0 Å². The van der Waals surface area contributed by atoms with Gasteiger partial charge in [0.2, 0.25) is 0 Å². The third kappa shape index (κ3) is 7.02. The number of rotatable bonds is 8. The maximum absolute atomic E-state index is 6.27. The Morgan fingerprint density at radius 2 is 2.00 bits per heavy atom. The van der Waals surface area contributed by atoms with E-state index in [0.717, 1.165) is 53.0 Å². The average molecular weight is 530 g/mol. The van der Waals surface area contributed by atoms with Crippen molar-refractivity contribution in [2.45, 2.75) is 58.2 Å². The molecule has 0 unspecified atom stereocenters. The molecule has 29 heavy (non-hydrogen) atoms. The van der Waals surface area contributed by atoms with Gasteiger partial charge in [-0.1, -0.05) is 6.92 Å². The molecule has 2 N–H and O–H groups in total. The molecule has 1 aliphatic rings. The quantitative estimate of drug-likeness (QED) is 0.299. The third-order valence-electron chi connectivity index (χ3n) is 4.88. The molecule has 6 nitrogen and oxygen atoms in total. The monoisotopic (exact) mass is 530 g/mol. The highest BCUT2D eigenvalue weighted by Gasteiger charge is 2.18. The molecule has 2 aromatic rings. The Hall–Kier alpha value is -1.55. The predicted molar refractivity (Wildman–Crippen MR) is 130 cm³/mol. The number of aliphatic imine (C=N–C) groups is 1. The third-order valence-corrected chi connectivity index (χ3v) is 5.92. The second kappa shape index (κ2) is 12.2. The number of ether oxygens (including phenoxy) is 2. The van der Waals surface area contributed by atoms with Gasteiger partial charge >= 0.3 is 0 Å². The van der Waals surface area contributed by atoms with E-state index in [0.29, 0.717) is 19.2 Å². The Labute approximate surface area is 194 Å². The van der Waals surface area contributed by atoms with Crippen LogP contribution in [0.4, 0.5) is 0 Å². The van der Waals surface area contributed by atoms with E-state index in [9.17, 15) is 0 Å². The molecule has 160 valence electrons. The lowest BCUT2D eigenvalue weighted by molar-refractivity contribution is 0.207. The van der Waals surface area contributed by atoms with Crippen molar-refractivity contribution in [2.24, 2.45) is 4.99 Å². The van der Waals surface area contributed by atoms with E-state index < -0.39 is 0 Å². The summed E-state index contributed by atoms with van der Waals surface area (Å²) in [5.41, 5.74) is 2.14. The van der Waals surface area contributed by atoms with Crippen LogP contribution in [-0.4, -0.2) is 31.2 Å². The normalized spacial score (nSPS) is 14.4. The number of nitrogens with zero attached hydrogens (tertiary/aromatic N) is 2. The van der Waals surface area contributed by atoms with Crippen molar-refractivity contribution in [2.75, 3.05) is 14.2 Å². The first-order chi connectivity index (χ1) is 13.7. The molecule has 8 heteroatoms. The van der Waals surface area contributed by atoms with Gasteiger partial charge in [-0.2, -0.15) is 0 Å². The van der Waals surface area contributed by atoms with Gasteiger partial charge < -0.3 is 20.1 Å². The van der Waals surface area contributed by atoms with Crippen LogP contribution in [0.25, 0.3) is 0 Å². The number of hydrogen-bond donors (Lipinski definition) is 2. The Bertz CT molecular complexity index is 791. The number of guanidine groups is 1. The van der Waals surface area contributed by atoms with Crippen LogP contribution >= 0.6 is 35.3 Å². The van der Waals surface area contributed by atoms with Gasteiger partial charge in [-0.25, -0.2) is 4.98 Å². The zero-order valence-electron chi connectivity index (χ0n) is 17.4. The summed E-state index contributed by atoms with van der Waals surface area (Å²) in [7, 11) is 3.46.